The largest absolute Gasteiger partial charge is 0.452 e. The number of nitriles is 1. The van der Waals surface area contributed by atoms with Gasteiger partial charge >= 0.3 is 5.97 Å². The Labute approximate surface area is 189 Å². The Morgan fingerprint density at radius 1 is 1.12 bits per heavy atom. The minimum Gasteiger partial charge on any atom is -0.452 e. The molecular weight excluding hydrogens is 452 g/mol. The number of nitrogens with one attached hydrogen (secondary N) is 1. The Morgan fingerprint density at radius 3 is 2.39 bits per heavy atom. The standard InChI is InChI=1S/C21H20N4O7S/c22-13-16-12-17(25(28)29)6-9-19(16)23-20(26)14-32-21(27)15-4-7-18(8-5-15)33(30,31)24-10-2-1-3-11-24/h4-9,12H,1-3,10-11,14H2,(H,23,26). The van der Waals surface area contributed by atoms with Gasteiger partial charge in [-0.15, -0.1) is 0 Å². The molecule has 172 valence electrons. The van der Waals surface area contributed by atoms with E-state index in [0.717, 1.165) is 31.4 Å². The van der Waals surface area contributed by atoms with Gasteiger partial charge in [-0.3, -0.25) is 14.9 Å². The van der Waals surface area contributed by atoms with Gasteiger partial charge in [0.1, 0.15) is 6.07 Å². The maximum absolute atomic E-state index is 12.7. The molecule has 0 spiro atoms. The van der Waals surface area contributed by atoms with Gasteiger partial charge in [0.25, 0.3) is 11.6 Å². The van der Waals surface area contributed by atoms with E-state index < -0.39 is 33.4 Å². The van der Waals surface area contributed by atoms with Crippen molar-refractivity contribution in [2.24, 2.45) is 0 Å². The van der Waals surface area contributed by atoms with Gasteiger partial charge in [0.15, 0.2) is 6.61 Å². The Hall–Kier alpha value is -3.82. The van der Waals surface area contributed by atoms with Crippen LogP contribution in [0, 0.1) is 21.4 Å². The van der Waals surface area contributed by atoms with Crippen LogP contribution in [0.25, 0.3) is 0 Å². The number of hydrogen-bond donors (Lipinski definition) is 1. The monoisotopic (exact) mass is 472 g/mol. The van der Waals surface area contributed by atoms with Gasteiger partial charge in [-0.25, -0.2) is 13.2 Å². The van der Waals surface area contributed by atoms with Gasteiger partial charge in [-0.2, -0.15) is 9.57 Å². The highest BCUT2D eigenvalue weighted by Crippen LogP contribution is 2.22. The van der Waals surface area contributed by atoms with E-state index in [1.165, 1.54) is 34.6 Å². The number of esters is 1. The average molecular weight is 472 g/mol. The first-order valence-corrected chi connectivity index (χ1v) is 11.4. The van der Waals surface area contributed by atoms with Gasteiger partial charge in [0.2, 0.25) is 10.0 Å². The summed E-state index contributed by atoms with van der Waals surface area (Å²) in [5, 5.41) is 22.3. The number of nitro groups is 1. The molecule has 3 rings (SSSR count). The predicted molar refractivity (Wildman–Crippen MR) is 116 cm³/mol. The van der Waals surface area contributed by atoms with Crippen LogP contribution < -0.4 is 5.32 Å². The number of amides is 1. The number of piperidine rings is 1. The molecule has 2 aromatic carbocycles. The minimum atomic E-state index is -3.63. The number of carbonyl (C=O) groups excluding carboxylic acids is 2. The molecule has 12 heteroatoms. The van der Waals surface area contributed by atoms with E-state index in [1.54, 1.807) is 6.07 Å². The number of ether oxygens (including phenoxy) is 1. The second kappa shape index (κ2) is 10.2. The molecule has 0 bridgehead atoms. The first kappa shape index (κ1) is 23.8. The topological polar surface area (TPSA) is 160 Å². The average Bonchev–Trinajstić information content (AvgIpc) is 2.83. The fourth-order valence-electron chi connectivity index (χ4n) is 3.27. The van der Waals surface area contributed by atoms with Crippen molar-refractivity contribution in [3.05, 3.63) is 63.7 Å². The zero-order chi connectivity index (χ0) is 24.0. The lowest BCUT2D eigenvalue weighted by Gasteiger charge is -2.25. The van der Waals surface area contributed by atoms with E-state index >= 15 is 0 Å². The molecule has 1 aliphatic heterocycles. The number of rotatable bonds is 7. The smallest absolute Gasteiger partial charge is 0.338 e. The lowest BCUT2D eigenvalue weighted by molar-refractivity contribution is -0.384. The fourth-order valence-corrected chi connectivity index (χ4v) is 4.78. The van der Waals surface area contributed by atoms with Crippen molar-refractivity contribution in [2.45, 2.75) is 24.2 Å². The molecule has 1 saturated heterocycles. The molecule has 1 fully saturated rings. The van der Waals surface area contributed by atoms with Gasteiger partial charge in [0, 0.05) is 25.2 Å². The summed E-state index contributed by atoms with van der Waals surface area (Å²) < 4.78 is 31.7. The van der Waals surface area contributed by atoms with Crippen molar-refractivity contribution in [3.63, 3.8) is 0 Å². The van der Waals surface area contributed by atoms with Gasteiger partial charge in [0.05, 0.1) is 26.6 Å². The molecule has 1 amide bonds. The molecule has 0 aromatic heterocycles. The molecule has 2 aromatic rings. The van der Waals surface area contributed by atoms with E-state index in [2.05, 4.69) is 5.32 Å². The van der Waals surface area contributed by atoms with Crippen molar-refractivity contribution < 1.29 is 27.7 Å². The summed E-state index contributed by atoms with van der Waals surface area (Å²) >= 11 is 0. The van der Waals surface area contributed by atoms with Crippen LogP contribution in [0.5, 0.6) is 0 Å². The van der Waals surface area contributed by atoms with Gasteiger partial charge in [-0.1, -0.05) is 6.42 Å². The summed E-state index contributed by atoms with van der Waals surface area (Å²) in [6.45, 7) is 0.252. The second-order valence-corrected chi connectivity index (χ2v) is 9.15. The first-order valence-electron chi connectivity index (χ1n) is 9.98. The molecule has 0 radical (unpaired) electrons. The molecule has 0 saturated carbocycles. The van der Waals surface area contributed by atoms with E-state index in [9.17, 15) is 28.1 Å². The summed E-state index contributed by atoms with van der Waals surface area (Å²) in [6.07, 6.45) is 2.61. The number of anilines is 1. The van der Waals surface area contributed by atoms with Crippen molar-refractivity contribution in [3.8, 4) is 6.07 Å². The van der Waals surface area contributed by atoms with Crippen molar-refractivity contribution >= 4 is 33.3 Å². The van der Waals surface area contributed by atoms with Crippen LogP contribution in [0.15, 0.2) is 47.4 Å². The SMILES string of the molecule is N#Cc1cc([N+](=O)[O-])ccc1NC(=O)COC(=O)c1ccc(S(=O)(=O)N2CCCCC2)cc1. The van der Waals surface area contributed by atoms with Crippen molar-refractivity contribution in [2.75, 3.05) is 25.0 Å². The summed E-state index contributed by atoms with van der Waals surface area (Å²) in [7, 11) is -3.63. The number of non-ortho nitro benzene ring substituents is 1. The van der Waals surface area contributed by atoms with Crippen LogP contribution in [0.4, 0.5) is 11.4 Å². The minimum absolute atomic E-state index is 0.0384. The van der Waals surface area contributed by atoms with E-state index in [-0.39, 0.29) is 27.4 Å². The molecule has 0 atom stereocenters. The molecule has 1 aliphatic rings. The van der Waals surface area contributed by atoms with Gasteiger partial charge < -0.3 is 10.1 Å². The van der Waals surface area contributed by atoms with Crippen molar-refractivity contribution in [1.29, 1.82) is 5.26 Å². The van der Waals surface area contributed by atoms with Crippen LogP contribution in [0.2, 0.25) is 0 Å². The lowest BCUT2D eigenvalue weighted by Crippen LogP contribution is -2.35. The zero-order valence-electron chi connectivity index (χ0n) is 17.4. The van der Waals surface area contributed by atoms with Crippen LogP contribution >= 0.6 is 0 Å². The number of benzene rings is 2. The third-order valence-corrected chi connectivity index (χ3v) is 6.90. The molecule has 11 nitrogen and oxygen atoms in total. The third-order valence-electron chi connectivity index (χ3n) is 4.99. The Balaban J connectivity index is 1.59. The number of nitro benzene ring substituents is 1. The summed E-state index contributed by atoms with van der Waals surface area (Å²) in [5.41, 5.74) is -0.319. The van der Waals surface area contributed by atoms with E-state index in [0.29, 0.717) is 13.1 Å². The highest BCUT2D eigenvalue weighted by atomic mass is 32.2. The summed E-state index contributed by atoms with van der Waals surface area (Å²) in [5.74, 6) is -1.59. The first-order chi connectivity index (χ1) is 15.7. The fraction of sp³-hybridized carbons (Fsp3) is 0.286. The van der Waals surface area contributed by atoms with Crippen LogP contribution in [-0.4, -0.2) is 49.2 Å². The second-order valence-electron chi connectivity index (χ2n) is 7.21. The van der Waals surface area contributed by atoms with E-state index in [4.69, 9.17) is 10.00 Å². The van der Waals surface area contributed by atoms with Crippen LogP contribution in [0.3, 0.4) is 0 Å². The number of nitrogens with zero attached hydrogens (tertiary/aromatic N) is 3. The molecule has 1 heterocycles. The summed E-state index contributed by atoms with van der Waals surface area (Å²) in [6, 6.07) is 10.3. The van der Waals surface area contributed by atoms with E-state index in [1.807, 2.05) is 0 Å². The van der Waals surface area contributed by atoms with Crippen LogP contribution in [-0.2, 0) is 19.6 Å². The maximum Gasteiger partial charge on any atom is 0.338 e. The molecule has 0 aliphatic carbocycles. The maximum atomic E-state index is 12.7. The molecule has 1 N–H and O–H groups in total. The number of sulfonamides is 1. The highest BCUT2D eigenvalue weighted by molar-refractivity contribution is 7.89. The van der Waals surface area contributed by atoms with Crippen molar-refractivity contribution in [1.82, 2.24) is 4.31 Å². The highest BCUT2D eigenvalue weighted by Gasteiger charge is 2.26. The predicted octanol–water partition coefficient (Wildman–Crippen LogP) is 2.44. The normalized spacial score (nSPS) is 14.2. The van der Waals surface area contributed by atoms with Gasteiger partial charge in [-0.05, 0) is 43.2 Å². The zero-order valence-corrected chi connectivity index (χ0v) is 18.2. The number of hydrogen-bond acceptors (Lipinski definition) is 8. The lowest BCUT2D eigenvalue weighted by atomic mass is 10.1. The molecule has 0 unspecified atom stereocenters. The number of carbonyl (C=O) groups is 2. The summed E-state index contributed by atoms with van der Waals surface area (Å²) in [4.78, 5) is 34.5. The van der Waals surface area contributed by atoms with Crippen LogP contribution in [0.1, 0.15) is 35.2 Å². The molecule has 33 heavy (non-hydrogen) atoms. The quantitative estimate of drug-likeness (QED) is 0.365. The Kier molecular flexibility index (Phi) is 7.37. The molecular formula is C21H20N4O7S. The Morgan fingerprint density at radius 2 is 1.79 bits per heavy atom. The third kappa shape index (κ3) is 5.71. The Bertz CT molecular complexity index is 1210.